The first kappa shape index (κ1) is 14.1. The number of allylic oxidation sites excluding steroid dienone is 2. The highest BCUT2D eigenvalue weighted by atomic mass is 16.1. The molecule has 0 unspecified atom stereocenters. The third-order valence-corrected chi connectivity index (χ3v) is 3.21. The van der Waals surface area contributed by atoms with Crippen LogP contribution in [0.3, 0.4) is 0 Å². The minimum Gasteiger partial charge on any atom is -0.379 e. The molecule has 0 aromatic heterocycles. The van der Waals surface area contributed by atoms with Crippen molar-refractivity contribution in [1.29, 1.82) is 0 Å². The van der Waals surface area contributed by atoms with Gasteiger partial charge in [-0.3, -0.25) is 4.79 Å². The first-order valence-corrected chi connectivity index (χ1v) is 6.37. The van der Waals surface area contributed by atoms with E-state index in [9.17, 15) is 4.79 Å². The number of rotatable bonds is 5. The van der Waals surface area contributed by atoms with Gasteiger partial charge in [-0.15, -0.1) is 0 Å². The highest BCUT2D eigenvalue weighted by molar-refractivity contribution is 6.03. The second-order valence-electron chi connectivity index (χ2n) is 6.38. The van der Waals surface area contributed by atoms with Gasteiger partial charge in [0.1, 0.15) is 5.70 Å². The Kier molecular flexibility index (Phi) is 4.23. The Morgan fingerprint density at radius 1 is 1.18 bits per heavy atom. The summed E-state index contributed by atoms with van der Waals surface area (Å²) in [6.07, 6.45) is 2.93. The largest absolute Gasteiger partial charge is 0.379 e. The summed E-state index contributed by atoms with van der Waals surface area (Å²) in [6.45, 7) is 7.74. The number of carbonyl (C=O) groups excluding carboxylic acids is 1. The van der Waals surface area contributed by atoms with E-state index in [0.717, 1.165) is 18.7 Å². The smallest absolute Gasteiger partial charge is 0.186 e. The monoisotopic (exact) mass is 238 g/mol. The maximum absolute atomic E-state index is 11.6. The first-order valence-electron chi connectivity index (χ1n) is 6.37. The molecule has 0 saturated carbocycles. The molecule has 0 N–H and O–H groups in total. The number of carbonyl (C=O) groups is 1. The molecule has 0 radical (unpaired) electrons. The van der Waals surface area contributed by atoms with Gasteiger partial charge in [0.2, 0.25) is 0 Å². The van der Waals surface area contributed by atoms with Crippen LogP contribution in [0.15, 0.2) is 11.4 Å². The zero-order valence-corrected chi connectivity index (χ0v) is 12.1. The van der Waals surface area contributed by atoms with Crippen molar-refractivity contribution in [3.8, 4) is 0 Å². The number of ketones is 1. The van der Waals surface area contributed by atoms with Crippen LogP contribution < -0.4 is 0 Å². The summed E-state index contributed by atoms with van der Waals surface area (Å²) in [5.74, 6) is 0.284. The van der Waals surface area contributed by atoms with Gasteiger partial charge < -0.3 is 9.80 Å². The molecule has 3 heteroatoms. The van der Waals surface area contributed by atoms with Crippen molar-refractivity contribution in [3.63, 3.8) is 0 Å². The third kappa shape index (κ3) is 3.76. The van der Waals surface area contributed by atoms with Crippen LogP contribution in [0.5, 0.6) is 0 Å². The molecule has 1 rings (SSSR count). The van der Waals surface area contributed by atoms with Crippen LogP contribution in [0.4, 0.5) is 0 Å². The number of Topliss-reactive ketones (excluding diaryl/α,β-unsaturated/α-hetero) is 1. The van der Waals surface area contributed by atoms with Gasteiger partial charge in [0.15, 0.2) is 5.78 Å². The molecule has 0 spiro atoms. The maximum Gasteiger partial charge on any atom is 0.186 e. The van der Waals surface area contributed by atoms with Gasteiger partial charge in [-0.25, -0.2) is 0 Å². The molecule has 0 saturated heterocycles. The van der Waals surface area contributed by atoms with Gasteiger partial charge in [-0.1, -0.05) is 20.8 Å². The van der Waals surface area contributed by atoms with E-state index in [1.807, 2.05) is 21.1 Å². The lowest BCUT2D eigenvalue weighted by molar-refractivity contribution is -0.119. The summed E-state index contributed by atoms with van der Waals surface area (Å²) in [5, 5.41) is 0. The number of hydrogen-bond acceptors (Lipinski definition) is 3. The standard InChI is InChI=1S/C14H26N2O/c1-14(2,3)8-7-9-16(6)13-11(15(4)5)10-12(13)17/h7-10H2,1-6H3. The van der Waals surface area contributed by atoms with E-state index in [-0.39, 0.29) is 5.78 Å². The summed E-state index contributed by atoms with van der Waals surface area (Å²) < 4.78 is 0. The Bertz CT molecular complexity index is 324. The third-order valence-electron chi connectivity index (χ3n) is 3.21. The molecule has 1 aliphatic carbocycles. The molecule has 0 bridgehead atoms. The van der Waals surface area contributed by atoms with Crippen LogP contribution in [0.2, 0.25) is 0 Å². The normalized spacial score (nSPS) is 16.0. The minimum absolute atomic E-state index is 0.284. The average Bonchev–Trinajstić information content (AvgIpc) is 2.11. The van der Waals surface area contributed by atoms with E-state index in [0.29, 0.717) is 11.8 Å². The minimum atomic E-state index is 0.284. The summed E-state index contributed by atoms with van der Waals surface area (Å²) in [4.78, 5) is 15.8. The summed E-state index contributed by atoms with van der Waals surface area (Å²) >= 11 is 0. The highest BCUT2D eigenvalue weighted by Crippen LogP contribution is 2.28. The lowest BCUT2D eigenvalue weighted by Gasteiger charge is -2.34. The predicted molar refractivity (Wildman–Crippen MR) is 71.7 cm³/mol. The van der Waals surface area contributed by atoms with E-state index in [1.54, 1.807) is 0 Å². The fourth-order valence-electron chi connectivity index (χ4n) is 2.14. The molecule has 0 aromatic carbocycles. The van der Waals surface area contributed by atoms with Crippen LogP contribution in [0, 0.1) is 5.41 Å². The van der Waals surface area contributed by atoms with E-state index >= 15 is 0 Å². The SMILES string of the molecule is CN(C)C1=C(N(C)CCCC(C)(C)C)C(=O)C1. The van der Waals surface area contributed by atoms with Crippen molar-refractivity contribution in [3.05, 3.63) is 11.4 Å². The molecular formula is C14H26N2O. The summed E-state index contributed by atoms with van der Waals surface area (Å²) in [7, 11) is 6.04. The number of nitrogens with zero attached hydrogens (tertiary/aromatic N) is 2. The maximum atomic E-state index is 11.6. The fraction of sp³-hybridized carbons (Fsp3) is 0.786. The molecule has 0 atom stereocenters. The Labute approximate surface area is 105 Å². The van der Waals surface area contributed by atoms with Gasteiger partial charge >= 0.3 is 0 Å². The van der Waals surface area contributed by atoms with E-state index in [1.165, 1.54) is 12.1 Å². The summed E-state index contributed by atoms with van der Waals surface area (Å²) in [5.41, 5.74) is 2.47. The lowest BCUT2D eigenvalue weighted by atomic mass is 9.90. The molecule has 98 valence electrons. The van der Waals surface area contributed by atoms with Crippen LogP contribution in [0.1, 0.15) is 40.0 Å². The Morgan fingerprint density at radius 3 is 2.18 bits per heavy atom. The van der Waals surface area contributed by atoms with Crippen molar-refractivity contribution in [2.75, 3.05) is 27.7 Å². The lowest BCUT2D eigenvalue weighted by Crippen LogP contribution is -2.37. The number of likely N-dealkylation sites (N-methyl/N-ethyl adjacent to an activating group) is 1. The zero-order valence-electron chi connectivity index (χ0n) is 12.1. The average molecular weight is 238 g/mol. The predicted octanol–water partition coefficient (Wildman–Crippen LogP) is 2.49. The van der Waals surface area contributed by atoms with Crippen molar-refractivity contribution in [2.45, 2.75) is 40.0 Å². The molecular weight excluding hydrogens is 212 g/mol. The van der Waals surface area contributed by atoms with Gasteiger partial charge in [0.25, 0.3) is 0 Å². The van der Waals surface area contributed by atoms with Crippen LogP contribution in [0.25, 0.3) is 0 Å². The quantitative estimate of drug-likeness (QED) is 0.735. The topological polar surface area (TPSA) is 23.6 Å². The zero-order chi connectivity index (χ0) is 13.2. The van der Waals surface area contributed by atoms with Crippen molar-refractivity contribution < 1.29 is 4.79 Å². The molecule has 17 heavy (non-hydrogen) atoms. The van der Waals surface area contributed by atoms with Crippen LogP contribution >= 0.6 is 0 Å². The molecule has 3 nitrogen and oxygen atoms in total. The number of hydrogen-bond donors (Lipinski definition) is 0. The van der Waals surface area contributed by atoms with E-state index in [2.05, 4.69) is 30.6 Å². The Morgan fingerprint density at radius 2 is 1.76 bits per heavy atom. The van der Waals surface area contributed by atoms with Crippen molar-refractivity contribution >= 4 is 5.78 Å². The molecule has 1 aliphatic rings. The molecule has 0 fully saturated rings. The van der Waals surface area contributed by atoms with Gasteiger partial charge in [-0.05, 0) is 18.3 Å². The van der Waals surface area contributed by atoms with Gasteiger partial charge in [-0.2, -0.15) is 0 Å². The second-order valence-corrected chi connectivity index (χ2v) is 6.38. The van der Waals surface area contributed by atoms with Gasteiger partial charge in [0, 0.05) is 33.4 Å². The molecule has 0 aromatic rings. The molecule has 0 aliphatic heterocycles. The molecule has 0 heterocycles. The summed E-state index contributed by atoms with van der Waals surface area (Å²) in [6, 6.07) is 0. The van der Waals surface area contributed by atoms with Gasteiger partial charge in [0.05, 0.1) is 6.42 Å². The van der Waals surface area contributed by atoms with Crippen LogP contribution in [-0.2, 0) is 4.79 Å². The fourth-order valence-corrected chi connectivity index (χ4v) is 2.14. The van der Waals surface area contributed by atoms with Crippen molar-refractivity contribution in [2.24, 2.45) is 5.41 Å². The highest BCUT2D eigenvalue weighted by Gasteiger charge is 2.31. The van der Waals surface area contributed by atoms with Crippen LogP contribution in [-0.4, -0.2) is 43.3 Å². The van der Waals surface area contributed by atoms with Crippen molar-refractivity contribution in [1.82, 2.24) is 9.80 Å². The Balaban J connectivity index is 2.51. The Hall–Kier alpha value is -0.990. The molecule has 0 amide bonds. The van der Waals surface area contributed by atoms with E-state index < -0.39 is 0 Å². The van der Waals surface area contributed by atoms with E-state index in [4.69, 9.17) is 0 Å². The second kappa shape index (κ2) is 5.11. The first-order chi connectivity index (χ1) is 7.72.